The van der Waals surface area contributed by atoms with Crippen molar-refractivity contribution < 1.29 is 28.6 Å². The summed E-state index contributed by atoms with van der Waals surface area (Å²) in [4.78, 5) is 43.9. The molecule has 6 aromatic carbocycles. The highest BCUT2D eigenvalue weighted by Crippen LogP contribution is 2.31. The summed E-state index contributed by atoms with van der Waals surface area (Å²) in [5, 5.41) is 26.9. The number of hydrazine groups is 1. The number of benzene rings is 6. The fourth-order valence-electron chi connectivity index (χ4n) is 7.97. The molecule has 1 amide bonds. The summed E-state index contributed by atoms with van der Waals surface area (Å²) in [7, 11) is 9.94. The molecule has 17 heteroatoms. The van der Waals surface area contributed by atoms with Crippen molar-refractivity contribution in [3.63, 3.8) is 0 Å². The Morgan fingerprint density at radius 2 is 0.772 bits per heavy atom. The Bertz CT molecular complexity index is 2910. The SMILES string of the molecule is CCCC(C)(CC)C(=O)OCCN(C)c1ccc(N=Nc2ccc(N=Nc3ccc(N(C)C)cc3)cc2)cc1.CCCC(C)(CC)C(=O)OCCOc1ccc(C(=O)N(N)c2ccc(N=Nc3ccc(N(C)C)cc3)cc2)cc1. The molecule has 79 heavy (non-hydrogen) atoms. The lowest BCUT2D eigenvalue weighted by Gasteiger charge is -2.26. The van der Waals surface area contributed by atoms with Gasteiger partial charge in [-0.2, -0.15) is 30.7 Å². The van der Waals surface area contributed by atoms with Crippen molar-refractivity contribution in [2.75, 3.05) is 81.3 Å². The van der Waals surface area contributed by atoms with Gasteiger partial charge in [0.25, 0.3) is 5.91 Å². The van der Waals surface area contributed by atoms with Crippen LogP contribution >= 0.6 is 0 Å². The van der Waals surface area contributed by atoms with Crippen molar-refractivity contribution >= 4 is 74.7 Å². The number of carbonyl (C=O) groups is 3. The lowest BCUT2D eigenvalue weighted by Crippen LogP contribution is -2.37. The minimum Gasteiger partial charge on any atom is -0.490 e. The lowest BCUT2D eigenvalue weighted by molar-refractivity contribution is -0.156. The third-order valence-corrected chi connectivity index (χ3v) is 13.6. The number of ether oxygens (including phenoxy) is 3. The lowest BCUT2D eigenvalue weighted by atomic mass is 9.83. The van der Waals surface area contributed by atoms with E-state index in [1.165, 1.54) is 0 Å². The number of likely N-dealkylation sites (N-methyl/N-ethyl adjacent to an activating group) is 1. The van der Waals surface area contributed by atoms with E-state index in [4.69, 9.17) is 20.1 Å². The second-order valence-corrected chi connectivity index (χ2v) is 20.0. The number of azo groups is 3. The zero-order valence-electron chi connectivity index (χ0n) is 47.9. The van der Waals surface area contributed by atoms with Crippen LogP contribution in [0.3, 0.4) is 0 Å². The number of rotatable bonds is 26. The highest BCUT2D eigenvalue weighted by atomic mass is 16.6. The fourth-order valence-corrected chi connectivity index (χ4v) is 7.97. The van der Waals surface area contributed by atoms with Crippen molar-refractivity contribution in [1.29, 1.82) is 0 Å². The van der Waals surface area contributed by atoms with Crippen LogP contribution in [0.15, 0.2) is 176 Å². The van der Waals surface area contributed by atoms with Crippen LogP contribution in [0.4, 0.5) is 56.9 Å². The van der Waals surface area contributed by atoms with E-state index in [2.05, 4.69) is 49.4 Å². The molecule has 0 saturated heterocycles. The Hall–Kier alpha value is -8.31. The van der Waals surface area contributed by atoms with Crippen molar-refractivity contribution in [3.8, 4) is 5.75 Å². The second kappa shape index (κ2) is 30.6. The molecular formula is C62H79N11O6. The van der Waals surface area contributed by atoms with Crippen LogP contribution in [-0.2, 0) is 19.1 Å². The Kier molecular flexibility index (Phi) is 23.8. The van der Waals surface area contributed by atoms with Gasteiger partial charge in [0.1, 0.15) is 25.6 Å². The summed E-state index contributed by atoms with van der Waals surface area (Å²) in [5.41, 5.74) is 7.68. The van der Waals surface area contributed by atoms with Gasteiger partial charge in [-0.3, -0.25) is 14.4 Å². The first-order valence-corrected chi connectivity index (χ1v) is 26.9. The normalized spacial score (nSPS) is 12.8. The van der Waals surface area contributed by atoms with Gasteiger partial charge >= 0.3 is 11.9 Å². The topological polar surface area (TPSA) is 192 Å². The van der Waals surface area contributed by atoms with Gasteiger partial charge in [-0.25, -0.2) is 10.9 Å². The summed E-state index contributed by atoms with van der Waals surface area (Å²) in [6.07, 6.45) is 5.04. The standard InChI is InChI=1S/C31H40N6O2.C31H39N5O4/c1-7-21-31(3,8-2)30(38)39-23-22-37(6)29-19-15-27(16-20-29)35-33-25-11-9-24(10-12-25)32-34-26-13-17-28(18-14-26)36(4)5;1-6-20-31(3,7-2)30(38)40-22-21-39-28-18-8-23(9-19-28)29(37)36(32)27-16-12-25(13-17-27)34-33-24-10-14-26(15-11-24)35(4)5/h9-20H,7-8,21-23H2,1-6H3;8-19H,6-7,20-22,32H2,1-5H3. The molecule has 0 aromatic heterocycles. The number of nitrogens with two attached hydrogens (primary N) is 1. The average molecular weight is 1070 g/mol. The van der Waals surface area contributed by atoms with Gasteiger partial charge < -0.3 is 28.9 Å². The Labute approximate surface area is 467 Å². The van der Waals surface area contributed by atoms with E-state index >= 15 is 0 Å². The molecule has 0 fully saturated rings. The molecule has 2 N–H and O–H groups in total. The van der Waals surface area contributed by atoms with Crippen LogP contribution in [0.1, 0.15) is 90.4 Å². The molecule has 0 aliphatic heterocycles. The van der Waals surface area contributed by atoms with Crippen molar-refractivity contribution in [2.24, 2.45) is 47.4 Å². The van der Waals surface area contributed by atoms with Crippen molar-refractivity contribution in [1.82, 2.24) is 0 Å². The van der Waals surface area contributed by atoms with Crippen LogP contribution in [-0.4, -0.2) is 79.4 Å². The molecule has 0 aliphatic rings. The number of nitrogens with zero attached hydrogens (tertiary/aromatic N) is 10. The predicted molar refractivity (Wildman–Crippen MR) is 318 cm³/mol. The third kappa shape index (κ3) is 19.0. The highest BCUT2D eigenvalue weighted by Gasteiger charge is 2.33. The van der Waals surface area contributed by atoms with Gasteiger partial charge in [0.05, 0.1) is 57.2 Å². The minimum absolute atomic E-state index is 0.109. The van der Waals surface area contributed by atoms with Gasteiger partial charge in [0.2, 0.25) is 0 Å². The molecule has 0 radical (unpaired) electrons. The monoisotopic (exact) mass is 1070 g/mol. The number of hydrogen-bond donors (Lipinski definition) is 1. The van der Waals surface area contributed by atoms with E-state index in [0.29, 0.717) is 35.8 Å². The van der Waals surface area contributed by atoms with Crippen LogP contribution in [0.2, 0.25) is 0 Å². The van der Waals surface area contributed by atoms with Gasteiger partial charge in [-0.1, -0.05) is 40.5 Å². The Morgan fingerprint density at radius 1 is 0.443 bits per heavy atom. The molecule has 2 atom stereocenters. The second-order valence-electron chi connectivity index (χ2n) is 20.0. The number of hydrogen-bond acceptors (Lipinski definition) is 16. The fraction of sp³-hybridized carbons (Fsp3) is 0.371. The van der Waals surface area contributed by atoms with E-state index in [9.17, 15) is 14.4 Å². The molecule has 0 spiro atoms. The van der Waals surface area contributed by atoms with Gasteiger partial charge in [0, 0.05) is 57.9 Å². The molecule has 2 unspecified atom stereocenters. The Balaban J connectivity index is 0.000000291. The Morgan fingerprint density at radius 3 is 1.11 bits per heavy atom. The zero-order valence-corrected chi connectivity index (χ0v) is 47.9. The summed E-state index contributed by atoms with van der Waals surface area (Å²) < 4.78 is 16.7. The summed E-state index contributed by atoms with van der Waals surface area (Å²) in [5.74, 6) is 5.99. The maximum absolute atomic E-state index is 12.9. The maximum Gasteiger partial charge on any atom is 0.311 e. The maximum atomic E-state index is 12.9. The molecule has 0 saturated carbocycles. The number of amides is 1. The van der Waals surface area contributed by atoms with E-state index in [-0.39, 0.29) is 31.1 Å². The van der Waals surface area contributed by atoms with Crippen molar-refractivity contribution in [2.45, 2.75) is 80.1 Å². The average Bonchev–Trinajstić information content (AvgIpc) is 3.48. The molecule has 0 heterocycles. The molecule has 6 rings (SSSR count). The van der Waals surface area contributed by atoms with Crippen LogP contribution in [0.5, 0.6) is 5.75 Å². The minimum atomic E-state index is -0.464. The first kappa shape index (κ1) is 61.5. The van der Waals surface area contributed by atoms with E-state index in [1.807, 2.05) is 170 Å². The van der Waals surface area contributed by atoms with E-state index < -0.39 is 10.8 Å². The van der Waals surface area contributed by atoms with Crippen LogP contribution < -0.4 is 30.3 Å². The summed E-state index contributed by atoms with van der Waals surface area (Å²) in [6, 6.07) is 44.5. The highest BCUT2D eigenvalue weighted by molar-refractivity contribution is 6.05. The molecule has 0 aliphatic carbocycles. The number of carbonyl (C=O) groups excluding carboxylic acids is 3. The van der Waals surface area contributed by atoms with Gasteiger partial charge in [-0.15, -0.1) is 0 Å². The van der Waals surface area contributed by atoms with Crippen LogP contribution in [0, 0.1) is 10.8 Å². The van der Waals surface area contributed by atoms with Gasteiger partial charge in [0.15, 0.2) is 0 Å². The zero-order chi connectivity index (χ0) is 57.4. The smallest absolute Gasteiger partial charge is 0.311 e. The molecule has 418 valence electrons. The van der Waals surface area contributed by atoms with E-state index in [0.717, 1.165) is 89.0 Å². The third-order valence-electron chi connectivity index (χ3n) is 13.6. The number of anilines is 4. The quantitative estimate of drug-likeness (QED) is 0.0136. The molecule has 6 aromatic rings. The first-order valence-electron chi connectivity index (χ1n) is 26.9. The number of esters is 2. The summed E-state index contributed by atoms with van der Waals surface area (Å²) >= 11 is 0. The van der Waals surface area contributed by atoms with Crippen molar-refractivity contribution in [3.05, 3.63) is 151 Å². The first-order chi connectivity index (χ1) is 37.9. The summed E-state index contributed by atoms with van der Waals surface area (Å²) in [6.45, 7) is 13.5. The largest absolute Gasteiger partial charge is 0.490 e. The molecule has 17 nitrogen and oxygen atoms in total. The molecular weight excluding hydrogens is 995 g/mol. The molecule has 0 bridgehead atoms. The van der Waals surface area contributed by atoms with E-state index in [1.54, 1.807) is 48.5 Å². The van der Waals surface area contributed by atoms with Crippen LogP contribution in [0.25, 0.3) is 0 Å². The van der Waals surface area contributed by atoms with Gasteiger partial charge in [-0.05, 0) is 185 Å². The predicted octanol–water partition coefficient (Wildman–Crippen LogP) is 15.6.